The summed E-state index contributed by atoms with van der Waals surface area (Å²) in [5.41, 5.74) is 2.14. The van der Waals surface area contributed by atoms with Crippen LogP contribution in [-0.4, -0.2) is 34.8 Å². The Hall–Kier alpha value is -3.43. The van der Waals surface area contributed by atoms with Gasteiger partial charge in [-0.3, -0.25) is 4.79 Å². The van der Waals surface area contributed by atoms with Gasteiger partial charge in [-0.25, -0.2) is 4.98 Å². The summed E-state index contributed by atoms with van der Waals surface area (Å²) >= 11 is 0. The second-order valence-electron chi connectivity index (χ2n) is 7.86. The Bertz CT molecular complexity index is 1210. The number of nitrogens with zero attached hydrogens (tertiary/aromatic N) is 2. The molecule has 32 heavy (non-hydrogen) atoms. The second-order valence-corrected chi connectivity index (χ2v) is 7.86. The quantitative estimate of drug-likeness (QED) is 0.663. The number of alkyl halides is 3. The molecule has 5 rings (SSSR count). The Labute approximate surface area is 181 Å². The van der Waals surface area contributed by atoms with Gasteiger partial charge in [0.25, 0.3) is 0 Å². The first-order chi connectivity index (χ1) is 15.3. The Kier molecular flexibility index (Phi) is 4.87. The van der Waals surface area contributed by atoms with Crippen LogP contribution in [0.4, 0.5) is 13.2 Å². The van der Waals surface area contributed by atoms with Crippen molar-refractivity contribution in [3.05, 3.63) is 47.3 Å². The van der Waals surface area contributed by atoms with E-state index in [4.69, 9.17) is 14.2 Å². The van der Waals surface area contributed by atoms with Crippen molar-refractivity contribution in [2.75, 3.05) is 13.2 Å². The van der Waals surface area contributed by atoms with E-state index in [1.54, 1.807) is 0 Å². The van der Waals surface area contributed by atoms with Gasteiger partial charge in [-0.05, 0) is 24.1 Å². The molecule has 10 heteroatoms. The topological polar surface area (TPSA) is 74.6 Å². The molecule has 2 aliphatic rings. The van der Waals surface area contributed by atoms with Gasteiger partial charge in [0, 0.05) is 25.1 Å². The lowest BCUT2D eigenvalue weighted by atomic mass is 10.1. The lowest BCUT2D eigenvalue weighted by molar-refractivity contribution is -0.147. The van der Waals surface area contributed by atoms with Crippen LogP contribution in [0.25, 0.3) is 11.0 Å². The van der Waals surface area contributed by atoms with E-state index in [1.165, 1.54) is 12.1 Å². The number of amides is 1. The third-order valence-electron chi connectivity index (χ3n) is 5.42. The molecule has 168 valence electrons. The summed E-state index contributed by atoms with van der Waals surface area (Å²) in [7, 11) is 0. The molecule has 1 aromatic heterocycles. The molecule has 2 aromatic carbocycles. The van der Waals surface area contributed by atoms with Crippen LogP contribution in [0.2, 0.25) is 0 Å². The van der Waals surface area contributed by atoms with Gasteiger partial charge < -0.3 is 24.1 Å². The molecule has 0 radical (unpaired) electrons. The standard InChI is InChI=1S/C22H20F3N3O4/c1-12-6-14-7-13(2-3-17(14)32-12)10-26-20(29)11-28-16-9-19-18(30-4-5-31-19)8-15(16)27-21(28)22(23,24)25/h2-3,7-9,12H,4-6,10-11H2,1H3,(H,26,29)/t12-/m0/s1. The number of nitrogens with one attached hydrogen (secondary N) is 1. The van der Waals surface area contributed by atoms with E-state index in [1.807, 2.05) is 25.1 Å². The highest BCUT2D eigenvalue weighted by atomic mass is 19.4. The maximum absolute atomic E-state index is 13.6. The fourth-order valence-corrected chi connectivity index (χ4v) is 4.02. The van der Waals surface area contributed by atoms with E-state index in [9.17, 15) is 18.0 Å². The Morgan fingerprint density at radius 1 is 1.16 bits per heavy atom. The average Bonchev–Trinajstić information content (AvgIpc) is 3.29. The summed E-state index contributed by atoms with van der Waals surface area (Å²) in [6.07, 6.45) is -3.84. The largest absolute Gasteiger partial charge is 0.490 e. The highest BCUT2D eigenvalue weighted by Crippen LogP contribution is 2.38. The van der Waals surface area contributed by atoms with Crippen LogP contribution in [0.5, 0.6) is 17.2 Å². The number of carbonyl (C=O) groups is 1. The number of halogens is 3. The highest BCUT2D eigenvalue weighted by Gasteiger charge is 2.38. The molecular weight excluding hydrogens is 427 g/mol. The number of hydrogen-bond donors (Lipinski definition) is 1. The maximum Gasteiger partial charge on any atom is 0.449 e. The summed E-state index contributed by atoms with van der Waals surface area (Å²) in [5, 5.41) is 2.69. The molecular formula is C22H20F3N3O4. The van der Waals surface area contributed by atoms with Crippen LogP contribution in [0.1, 0.15) is 23.9 Å². The van der Waals surface area contributed by atoms with E-state index < -0.39 is 24.5 Å². The predicted molar refractivity (Wildman–Crippen MR) is 108 cm³/mol. The monoisotopic (exact) mass is 447 g/mol. The first-order valence-corrected chi connectivity index (χ1v) is 10.2. The summed E-state index contributed by atoms with van der Waals surface area (Å²) in [6.45, 7) is 2.24. The molecule has 3 aromatic rings. The lowest BCUT2D eigenvalue weighted by Gasteiger charge is -2.18. The van der Waals surface area contributed by atoms with Crippen LogP contribution in [-0.2, 0) is 30.5 Å². The van der Waals surface area contributed by atoms with Crippen molar-refractivity contribution in [3.8, 4) is 17.2 Å². The predicted octanol–water partition coefficient (Wildman–Crippen LogP) is 3.47. The number of hydrogen-bond acceptors (Lipinski definition) is 5. The van der Waals surface area contributed by atoms with Gasteiger partial charge in [0.15, 0.2) is 11.5 Å². The highest BCUT2D eigenvalue weighted by molar-refractivity contribution is 5.84. The average molecular weight is 447 g/mol. The molecule has 0 spiro atoms. The third-order valence-corrected chi connectivity index (χ3v) is 5.42. The maximum atomic E-state index is 13.6. The Balaban J connectivity index is 1.38. The van der Waals surface area contributed by atoms with Crippen molar-refractivity contribution in [1.29, 1.82) is 0 Å². The fraction of sp³-hybridized carbons (Fsp3) is 0.364. The number of ether oxygens (including phenoxy) is 3. The SMILES string of the molecule is C[C@H]1Cc2cc(CNC(=O)Cn3c(C(F)(F)F)nc4cc5c(cc43)OCCO5)ccc2O1. The molecule has 0 aliphatic carbocycles. The zero-order valence-electron chi connectivity index (χ0n) is 17.2. The van der Waals surface area contributed by atoms with Gasteiger partial charge in [0.05, 0.1) is 11.0 Å². The van der Waals surface area contributed by atoms with Crippen molar-refractivity contribution in [3.63, 3.8) is 0 Å². The van der Waals surface area contributed by atoms with E-state index in [2.05, 4.69) is 10.3 Å². The summed E-state index contributed by atoms with van der Waals surface area (Å²) in [4.78, 5) is 16.3. The molecule has 3 heterocycles. The summed E-state index contributed by atoms with van der Waals surface area (Å²) in [5.74, 6) is -0.222. The van der Waals surface area contributed by atoms with E-state index in [0.717, 1.165) is 27.9 Å². The van der Waals surface area contributed by atoms with Gasteiger partial charge >= 0.3 is 6.18 Å². The number of aromatic nitrogens is 2. The zero-order valence-corrected chi connectivity index (χ0v) is 17.2. The minimum Gasteiger partial charge on any atom is -0.490 e. The van der Waals surface area contributed by atoms with E-state index in [0.29, 0.717) is 24.7 Å². The molecule has 0 bridgehead atoms. The molecule has 0 saturated heterocycles. The summed E-state index contributed by atoms with van der Waals surface area (Å²) < 4.78 is 58.3. The molecule has 0 unspecified atom stereocenters. The van der Waals surface area contributed by atoms with Crippen LogP contribution < -0.4 is 19.5 Å². The minimum atomic E-state index is -4.72. The molecule has 7 nitrogen and oxygen atoms in total. The Morgan fingerprint density at radius 2 is 1.91 bits per heavy atom. The van der Waals surface area contributed by atoms with Crippen molar-refractivity contribution >= 4 is 16.9 Å². The van der Waals surface area contributed by atoms with E-state index >= 15 is 0 Å². The smallest absolute Gasteiger partial charge is 0.449 e. The first-order valence-electron chi connectivity index (χ1n) is 10.2. The van der Waals surface area contributed by atoms with Gasteiger partial charge in [-0.1, -0.05) is 12.1 Å². The Morgan fingerprint density at radius 3 is 2.66 bits per heavy atom. The van der Waals surface area contributed by atoms with Crippen molar-refractivity contribution < 1.29 is 32.2 Å². The van der Waals surface area contributed by atoms with Crippen molar-refractivity contribution in [2.45, 2.75) is 38.7 Å². The number of carbonyl (C=O) groups excluding carboxylic acids is 1. The molecule has 2 aliphatic heterocycles. The molecule has 0 saturated carbocycles. The van der Waals surface area contributed by atoms with Gasteiger partial charge in [-0.15, -0.1) is 0 Å². The van der Waals surface area contributed by atoms with Gasteiger partial charge in [-0.2, -0.15) is 13.2 Å². The fourth-order valence-electron chi connectivity index (χ4n) is 4.02. The van der Waals surface area contributed by atoms with Gasteiger partial charge in [0.1, 0.15) is 31.6 Å². The number of rotatable bonds is 4. The second kappa shape index (κ2) is 7.61. The number of benzene rings is 2. The number of fused-ring (bicyclic) bond motifs is 3. The molecule has 0 fully saturated rings. The van der Waals surface area contributed by atoms with Gasteiger partial charge in [0.2, 0.25) is 11.7 Å². The first kappa shape index (κ1) is 20.5. The molecule has 1 amide bonds. The normalized spacial score (nSPS) is 17.2. The van der Waals surface area contributed by atoms with Crippen LogP contribution in [0.15, 0.2) is 30.3 Å². The van der Waals surface area contributed by atoms with Crippen molar-refractivity contribution in [2.24, 2.45) is 0 Å². The van der Waals surface area contributed by atoms with Crippen molar-refractivity contribution in [1.82, 2.24) is 14.9 Å². The zero-order chi connectivity index (χ0) is 22.5. The third kappa shape index (κ3) is 3.80. The lowest BCUT2D eigenvalue weighted by Crippen LogP contribution is -2.29. The van der Waals surface area contributed by atoms with Crippen LogP contribution in [0, 0.1) is 0 Å². The van der Waals surface area contributed by atoms with E-state index in [-0.39, 0.29) is 23.7 Å². The minimum absolute atomic E-state index is 0.0853. The molecule has 1 N–H and O–H groups in total. The molecule has 1 atom stereocenters. The van der Waals surface area contributed by atoms with Crippen LogP contribution in [0.3, 0.4) is 0 Å². The van der Waals surface area contributed by atoms with Crippen LogP contribution >= 0.6 is 0 Å². The number of imidazole rings is 1. The summed E-state index contributed by atoms with van der Waals surface area (Å²) in [6, 6.07) is 8.45.